The number of carbonyl (C=O) groups is 2. The summed E-state index contributed by atoms with van der Waals surface area (Å²) in [6.07, 6.45) is -0.255. The van der Waals surface area contributed by atoms with Crippen LogP contribution in [0.5, 0.6) is 11.5 Å². The molecule has 2 aromatic rings. The van der Waals surface area contributed by atoms with Gasteiger partial charge in [-0.2, -0.15) is 0 Å². The second-order valence-corrected chi connectivity index (χ2v) is 7.10. The molecule has 2 amide bonds. The molecule has 6 heteroatoms. The van der Waals surface area contributed by atoms with Crippen LogP contribution in [0.15, 0.2) is 48.5 Å². The fraction of sp³-hybridized carbons (Fsp3) is 0.333. The van der Waals surface area contributed by atoms with Crippen molar-refractivity contribution in [1.82, 2.24) is 5.32 Å². The van der Waals surface area contributed by atoms with Crippen LogP contribution in [0.2, 0.25) is 0 Å². The van der Waals surface area contributed by atoms with E-state index in [1.54, 1.807) is 62.8 Å². The van der Waals surface area contributed by atoms with Crippen LogP contribution in [0, 0.1) is 0 Å². The first-order valence-corrected chi connectivity index (χ1v) is 8.65. The number of hydrogen-bond acceptors (Lipinski definition) is 4. The molecule has 0 unspecified atom stereocenters. The Hall–Kier alpha value is -3.02. The van der Waals surface area contributed by atoms with E-state index in [-0.39, 0.29) is 18.2 Å². The van der Waals surface area contributed by atoms with E-state index in [9.17, 15) is 9.59 Å². The van der Waals surface area contributed by atoms with Crippen molar-refractivity contribution >= 4 is 23.2 Å². The van der Waals surface area contributed by atoms with Crippen molar-refractivity contribution in [2.75, 3.05) is 19.1 Å². The van der Waals surface area contributed by atoms with E-state index in [0.717, 1.165) is 0 Å². The maximum absolute atomic E-state index is 13.0. The maximum atomic E-state index is 13.0. The van der Waals surface area contributed by atoms with Crippen molar-refractivity contribution < 1.29 is 19.1 Å². The molecule has 0 spiro atoms. The molecule has 27 heavy (non-hydrogen) atoms. The summed E-state index contributed by atoms with van der Waals surface area (Å²) in [4.78, 5) is 26.7. The summed E-state index contributed by atoms with van der Waals surface area (Å²) in [6.45, 7) is 5.63. The van der Waals surface area contributed by atoms with Crippen molar-refractivity contribution in [2.24, 2.45) is 0 Å². The second kappa shape index (κ2) is 8.58. The van der Waals surface area contributed by atoms with Gasteiger partial charge in [-0.05, 0) is 69.3 Å². The van der Waals surface area contributed by atoms with Crippen molar-refractivity contribution in [3.05, 3.63) is 48.5 Å². The summed E-state index contributed by atoms with van der Waals surface area (Å²) in [6, 6.07) is 14.2. The quantitative estimate of drug-likeness (QED) is 0.788. The van der Waals surface area contributed by atoms with Gasteiger partial charge >= 0.3 is 0 Å². The summed E-state index contributed by atoms with van der Waals surface area (Å²) in [5, 5.41) is 2.82. The predicted octanol–water partition coefficient (Wildman–Crippen LogP) is 3.67. The molecule has 0 aromatic heterocycles. The van der Waals surface area contributed by atoms with Crippen LogP contribution in [0.3, 0.4) is 0 Å². The molecular weight excluding hydrogens is 344 g/mol. The predicted molar refractivity (Wildman–Crippen MR) is 106 cm³/mol. The van der Waals surface area contributed by atoms with E-state index in [4.69, 9.17) is 9.47 Å². The lowest BCUT2D eigenvalue weighted by Crippen LogP contribution is -2.42. The second-order valence-electron chi connectivity index (χ2n) is 7.10. The molecule has 0 aliphatic heterocycles. The third-order valence-electron chi connectivity index (χ3n) is 3.74. The molecule has 0 saturated heterocycles. The summed E-state index contributed by atoms with van der Waals surface area (Å²) < 4.78 is 10.4. The number of rotatable bonds is 6. The Bertz CT molecular complexity index is 730. The molecule has 0 aliphatic carbocycles. The van der Waals surface area contributed by atoms with Crippen molar-refractivity contribution in [3.8, 4) is 11.5 Å². The highest BCUT2D eigenvalue weighted by Gasteiger charge is 2.23. The van der Waals surface area contributed by atoms with Gasteiger partial charge in [-0.1, -0.05) is 0 Å². The lowest BCUT2D eigenvalue weighted by atomic mass is 10.1. The lowest BCUT2D eigenvalue weighted by Gasteiger charge is -2.25. The Kier molecular flexibility index (Phi) is 6.45. The molecular formula is C21H26N2O4. The van der Waals surface area contributed by atoms with Crippen LogP contribution in [0.1, 0.15) is 27.2 Å². The number of amides is 2. The molecule has 1 N–H and O–H groups in total. The van der Waals surface area contributed by atoms with Crippen molar-refractivity contribution in [3.63, 3.8) is 0 Å². The van der Waals surface area contributed by atoms with Crippen LogP contribution < -0.4 is 19.7 Å². The topological polar surface area (TPSA) is 67.9 Å². The number of methoxy groups -OCH3 is 2. The smallest absolute Gasteiger partial charge is 0.240 e. The highest BCUT2D eigenvalue weighted by Crippen LogP contribution is 2.29. The number of anilines is 2. The van der Waals surface area contributed by atoms with Gasteiger partial charge in [0, 0.05) is 16.9 Å². The third-order valence-corrected chi connectivity index (χ3v) is 3.74. The Labute approximate surface area is 160 Å². The van der Waals surface area contributed by atoms with Gasteiger partial charge in [0.2, 0.25) is 11.8 Å². The molecule has 0 fully saturated rings. The maximum Gasteiger partial charge on any atom is 0.240 e. The van der Waals surface area contributed by atoms with E-state index < -0.39 is 5.54 Å². The van der Waals surface area contributed by atoms with Crippen molar-refractivity contribution in [1.29, 1.82) is 0 Å². The summed E-state index contributed by atoms with van der Waals surface area (Å²) in [5.74, 6) is 0.726. The molecule has 0 saturated carbocycles. The van der Waals surface area contributed by atoms with Crippen LogP contribution in [-0.2, 0) is 9.59 Å². The zero-order valence-electron chi connectivity index (χ0n) is 16.4. The molecule has 6 nitrogen and oxygen atoms in total. The number of benzene rings is 2. The Morgan fingerprint density at radius 2 is 1.26 bits per heavy atom. The normalized spacial score (nSPS) is 10.9. The highest BCUT2D eigenvalue weighted by atomic mass is 16.5. The van der Waals surface area contributed by atoms with Crippen LogP contribution in [-0.4, -0.2) is 31.6 Å². The van der Waals surface area contributed by atoms with Gasteiger partial charge in [0.25, 0.3) is 0 Å². The number of nitrogens with zero attached hydrogens (tertiary/aromatic N) is 1. The molecule has 0 aliphatic rings. The summed E-state index contributed by atoms with van der Waals surface area (Å²) in [5.41, 5.74) is 0.895. The fourth-order valence-electron chi connectivity index (χ4n) is 2.58. The van der Waals surface area contributed by atoms with Gasteiger partial charge in [-0.3, -0.25) is 14.5 Å². The minimum atomic E-state index is -0.400. The third kappa shape index (κ3) is 5.74. The Morgan fingerprint density at radius 1 is 0.852 bits per heavy atom. The number of hydrogen-bond donors (Lipinski definition) is 1. The first-order valence-electron chi connectivity index (χ1n) is 8.65. The van der Waals surface area contributed by atoms with Crippen molar-refractivity contribution in [2.45, 2.75) is 32.7 Å². The average molecular weight is 370 g/mol. The van der Waals surface area contributed by atoms with Crippen LogP contribution >= 0.6 is 0 Å². The number of nitrogens with one attached hydrogen (secondary N) is 1. The minimum Gasteiger partial charge on any atom is -0.497 e. The molecule has 2 aromatic carbocycles. The molecule has 2 rings (SSSR count). The largest absolute Gasteiger partial charge is 0.497 e. The van der Waals surface area contributed by atoms with Gasteiger partial charge in [0.05, 0.1) is 14.2 Å². The van der Waals surface area contributed by atoms with E-state index in [1.807, 2.05) is 20.8 Å². The summed E-state index contributed by atoms with van der Waals surface area (Å²) in [7, 11) is 3.16. The number of carbonyl (C=O) groups excluding carboxylic acids is 2. The minimum absolute atomic E-state index is 0.255. The molecule has 0 atom stereocenters. The highest BCUT2D eigenvalue weighted by molar-refractivity contribution is 6.09. The first-order chi connectivity index (χ1) is 12.7. The fourth-order valence-corrected chi connectivity index (χ4v) is 2.58. The average Bonchev–Trinajstić information content (AvgIpc) is 2.61. The van der Waals surface area contributed by atoms with E-state index >= 15 is 0 Å². The van der Waals surface area contributed by atoms with Gasteiger partial charge in [0.1, 0.15) is 17.9 Å². The molecule has 0 bridgehead atoms. The van der Waals surface area contributed by atoms with Crippen LogP contribution in [0.4, 0.5) is 11.4 Å². The monoisotopic (exact) mass is 370 g/mol. The SMILES string of the molecule is COc1ccc(N(C(=O)CC(=O)NC(C)(C)C)c2ccc(OC)cc2)cc1. The lowest BCUT2D eigenvalue weighted by molar-refractivity contribution is -0.128. The molecule has 0 radical (unpaired) electrons. The van der Waals surface area contributed by atoms with E-state index in [0.29, 0.717) is 22.9 Å². The summed E-state index contributed by atoms with van der Waals surface area (Å²) >= 11 is 0. The van der Waals surface area contributed by atoms with E-state index in [1.165, 1.54) is 4.90 Å². The standard InChI is InChI=1S/C21H26N2O4/c1-21(2,3)22-19(24)14-20(25)23(15-6-10-17(26-4)11-7-15)16-8-12-18(27-5)13-9-16/h6-13H,14H2,1-5H3,(H,22,24). The van der Waals surface area contributed by atoms with Crippen LogP contribution in [0.25, 0.3) is 0 Å². The Morgan fingerprint density at radius 3 is 1.59 bits per heavy atom. The van der Waals surface area contributed by atoms with Gasteiger partial charge < -0.3 is 14.8 Å². The van der Waals surface area contributed by atoms with Gasteiger partial charge in [-0.15, -0.1) is 0 Å². The van der Waals surface area contributed by atoms with Gasteiger partial charge in [-0.25, -0.2) is 0 Å². The molecule has 0 heterocycles. The number of ether oxygens (including phenoxy) is 2. The molecule has 144 valence electrons. The first kappa shape index (κ1) is 20.3. The van der Waals surface area contributed by atoms with E-state index in [2.05, 4.69) is 5.32 Å². The Balaban J connectivity index is 2.32. The zero-order valence-corrected chi connectivity index (χ0v) is 16.4. The zero-order chi connectivity index (χ0) is 20.0. The van der Waals surface area contributed by atoms with Gasteiger partial charge in [0.15, 0.2) is 0 Å².